The van der Waals surface area contributed by atoms with Gasteiger partial charge in [0.2, 0.25) is 0 Å². The molecule has 6 heteroatoms. The van der Waals surface area contributed by atoms with Crippen molar-refractivity contribution >= 4 is 12.4 Å². The van der Waals surface area contributed by atoms with E-state index in [-0.39, 0.29) is 24.6 Å². The Hall–Kier alpha value is -1.66. The average molecular weight is 368 g/mol. The molecule has 1 fully saturated rings. The van der Waals surface area contributed by atoms with Crippen molar-refractivity contribution in [3.05, 3.63) is 65.5 Å². The van der Waals surface area contributed by atoms with Crippen LogP contribution in [-0.4, -0.2) is 38.0 Å². The summed E-state index contributed by atoms with van der Waals surface area (Å²) in [7, 11) is 1.54. The van der Waals surface area contributed by atoms with Crippen LogP contribution in [0.3, 0.4) is 0 Å². The lowest BCUT2D eigenvalue weighted by Gasteiger charge is -2.39. The number of nitrogens with one attached hydrogen (secondary N) is 1. The number of ether oxygens (including phenoxy) is 2. The molecule has 136 valence electrons. The van der Waals surface area contributed by atoms with Crippen molar-refractivity contribution < 1.29 is 19.0 Å². The lowest BCUT2D eigenvalue weighted by molar-refractivity contribution is -0.124. The maximum absolute atomic E-state index is 13.7. The summed E-state index contributed by atoms with van der Waals surface area (Å²) in [6.45, 7) is 1.81. The lowest BCUT2D eigenvalue weighted by Crippen LogP contribution is -2.52. The summed E-state index contributed by atoms with van der Waals surface area (Å²) >= 11 is 0. The van der Waals surface area contributed by atoms with E-state index in [2.05, 4.69) is 5.32 Å². The number of morpholine rings is 1. The Morgan fingerprint density at radius 1 is 1.28 bits per heavy atom. The molecule has 1 aliphatic heterocycles. The third-order valence-corrected chi connectivity index (χ3v) is 4.44. The second kappa shape index (κ2) is 8.63. The molecular formula is C19H23ClFNO3. The molecule has 1 saturated heterocycles. The number of rotatable bonds is 5. The van der Waals surface area contributed by atoms with Crippen LogP contribution in [0.2, 0.25) is 0 Å². The van der Waals surface area contributed by atoms with E-state index < -0.39 is 11.7 Å². The predicted octanol–water partition coefficient (Wildman–Crippen LogP) is 2.67. The van der Waals surface area contributed by atoms with Gasteiger partial charge in [-0.05, 0) is 23.8 Å². The van der Waals surface area contributed by atoms with Gasteiger partial charge in [-0.15, -0.1) is 12.4 Å². The first kappa shape index (κ1) is 19.7. The molecule has 0 aliphatic carbocycles. The van der Waals surface area contributed by atoms with Gasteiger partial charge in [-0.1, -0.05) is 30.3 Å². The normalized spacial score (nSPS) is 19.6. The molecule has 2 aromatic rings. The van der Waals surface area contributed by atoms with E-state index in [9.17, 15) is 9.50 Å². The predicted molar refractivity (Wildman–Crippen MR) is 96.9 cm³/mol. The smallest absolute Gasteiger partial charge is 0.123 e. The highest BCUT2D eigenvalue weighted by Crippen LogP contribution is 2.35. The lowest BCUT2D eigenvalue weighted by atomic mass is 9.81. The zero-order valence-electron chi connectivity index (χ0n) is 14.1. The Kier molecular flexibility index (Phi) is 6.79. The van der Waals surface area contributed by atoms with Crippen LogP contribution < -0.4 is 10.1 Å². The van der Waals surface area contributed by atoms with Crippen LogP contribution in [-0.2, 0) is 16.8 Å². The summed E-state index contributed by atoms with van der Waals surface area (Å²) in [5, 5.41) is 14.8. The van der Waals surface area contributed by atoms with Crippen LogP contribution in [0.1, 0.15) is 11.1 Å². The molecule has 2 atom stereocenters. The number of hydrogen-bond donors (Lipinski definition) is 2. The van der Waals surface area contributed by atoms with E-state index in [0.29, 0.717) is 24.5 Å². The van der Waals surface area contributed by atoms with Crippen molar-refractivity contribution in [1.29, 1.82) is 0 Å². The van der Waals surface area contributed by atoms with Gasteiger partial charge in [0.1, 0.15) is 23.3 Å². The van der Waals surface area contributed by atoms with Crippen molar-refractivity contribution in [2.75, 3.05) is 26.8 Å². The second-order valence-corrected chi connectivity index (χ2v) is 5.99. The van der Waals surface area contributed by atoms with Crippen LogP contribution in [0.4, 0.5) is 4.39 Å². The van der Waals surface area contributed by atoms with Crippen LogP contribution in [0.15, 0.2) is 48.5 Å². The van der Waals surface area contributed by atoms with Gasteiger partial charge in [0.05, 0.1) is 13.7 Å². The van der Waals surface area contributed by atoms with Gasteiger partial charge in [0, 0.05) is 25.1 Å². The molecule has 0 spiro atoms. The van der Waals surface area contributed by atoms with Gasteiger partial charge in [0.15, 0.2) is 0 Å². The molecular weight excluding hydrogens is 345 g/mol. The Bertz CT molecular complexity index is 680. The first-order chi connectivity index (χ1) is 11.6. The summed E-state index contributed by atoms with van der Waals surface area (Å²) in [5.41, 5.74) is 0.0680. The summed E-state index contributed by atoms with van der Waals surface area (Å²) in [5.74, 6) is 0.193. The van der Waals surface area contributed by atoms with E-state index in [1.807, 2.05) is 30.3 Å². The third-order valence-electron chi connectivity index (χ3n) is 4.44. The number of halogens is 2. The quantitative estimate of drug-likeness (QED) is 0.853. The maximum atomic E-state index is 13.7. The van der Waals surface area contributed by atoms with Crippen LogP contribution in [0.25, 0.3) is 0 Å². The van der Waals surface area contributed by atoms with Crippen LogP contribution in [0.5, 0.6) is 5.75 Å². The summed E-state index contributed by atoms with van der Waals surface area (Å²) in [6.07, 6.45) is -0.230. The molecule has 0 unspecified atom stereocenters. The fraction of sp³-hybridized carbons (Fsp3) is 0.368. The van der Waals surface area contributed by atoms with E-state index in [1.165, 1.54) is 19.2 Å². The van der Waals surface area contributed by atoms with Crippen molar-refractivity contribution in [2.45, 2.75) is 18.1 Å². The minimum absolute atomic E-state index is 0. The number of benzene rings is 2. The van der Waals surface area contributed by atoms with Crippen molar-refractivity contribution in [1.82, 2.24) is 5.32 Å². The molecule has 25 heavy (non-hydrogen) atoms. The van der Waals surface area contributed by atoms with Crippen molar-refractivity contribution in [3.63, 3.8) is 0 Å². The number of methoxy groups -OCH3 is 1. The molecule has 3 rings (SSSR count). The topological polar surface area (TPSA) is 50.7 Å². The number of hydrogen-bond acceptors (Lipinski definition) is 4. The monoisotopic (exact) mass is 367 g/mol. The van der Waals surface area contributed by atoms with E-state index in [1.54, 1.807) is 6.07 Å². The summed E-state index contributed by atoms with van der Waals surface area (Å²) < 4.78 is 24.9. The average Bonchev–Trinajstić information content (AvgIpc) is 2.63. The van der Waals surface area contributed by atoms with Gasteiger partial charge in [0.25, 0.3) is 0 Å². The van der Waals surface area contributed by atoms with Gasteiger partial charge >= 0.3 is 0 Å². The fourth-order valence-electron chi connectivity index (χ4n) is 3.18. The fourth-order valence-corrected chi connectivity index (χ4v) is 3.18. The summed E-state index contributed by atoms with van der Waals surface area (Å²) in [6, 6.07) is 13.7. The molecule has 2 N–H and O–H groups in total. The SMILES string of the molecule is COc1ccc(F)cc1C[C@](O)(c1ccccc1)[C@H]1CNCCO1.Cl. The highest BCUT2D eigenvalue weighted by Gasteiger charge is 2.41. The molecule has 2 aromatic carbocycles. The summed E-state index contributed by atoms with van der Waals surface area (Å²) in [4.78, 5) is 0. The highest BCUT2D eigenvalue weighted by molar-refractivity contribution is 5.85. The molecule has 0 aromatic heterocycles. The first-order valence-electron chi connectivity index (χ1n) is 8.06. The zero-order valence-corrected chi connectivity index (χ0v) is 14.9. The third kappa shape index (κ3) is 4.30. The standard InChI is InChI=1S/C19H22FNO3.ClH/c1-23-17-8-7-16(20)11-14(17)12-19(22,15-5-3-2-4-6-15)18-13-21-9-10-24-18;/h2-8,11,18,21-22H,9-10,12-13H2,1H3;1H/t18-,19+;/m1./s1. The van der Waals surface area contributed by atoms with Gasteiger partial charge in [-0.2, -0.15) is 0 Å². The minimum Gasteiger partial charge on any atom is -0.496 e. The van der Waals surface area contributed by atoms with Gasteiger partial charge < -0.3 is 19.9 Å². The molecule has 0 radical (unpaired) electrons. The molecule has 1 aliphatic rings. The Balaban J connectivity index is 0.00000225. The number of aliphatic hydroxyl groups is 1. The molecule has 0 bridgehead atoms. The maximum Gasteiger partial charge on any atom is 0.123 e. The molecule has 0 amide bonds. The molecule has 4 nitrogen and oxygen atoms in total. The van der Waals surface area contributed by atoms with Gasteiger partial charge in [-0.25, -0.2) is 4.39 Å². The van der Waals surface area contributed by atoms with E-state index in [4.69, 9.17) is 9.47 Å². The van der Waals surface area contributed by atoms with Crippen LogP contribution >= 0.6 is 12.4 Å². The molecule has 1 heterocycles. The largest absolute Gasteiger partial charge is 0.496 e. The Morgan fingerprint density at radius 2 is 2.04 bits per heavy atom. The molecule has 0 saturated carbocycles. The Labute approximate surface area is 153 Å². The first-order valence-corrected chi connectivity index (χ1v) is 8.06. The van der Waals surface area contributed by atoms with Crippen molar-refractivity contribution in [2.24, 2.45) is 0 Å². The van der Waals surface area contributed by atoms with E-state index in [0.717, 1.165) is 12.1 Å². The van der Waals surface area contributed by atoms with Gasteiger partial charge in [-0.3, -0.25) is 0 Å². The van der Waals surface area contributed by atoms with Crippen LogP contribution in [0, 0.1) is 5.82 Å². The second-order valence-electron chi connectivity index (χ2n) is 5.99. The van der Waals surface area contributed by atoms with E-state index >= 15 is 0 Å². The zero-order chi connectivity index (χ0) is 17.0. The van der Waals surface area contributed by atoms with Crippen molar-refractivity contribution in [3.8, 4) is 5.75 Å². The highest BCUT2D eigenvalue weighted by atomic mass is 35.5. The Morgan fingerprint density at radius 3 is 2.68 bits per heavy atom. The minimum atomic E-state index is -1.28.